The van der Waals surface area contributed by atoms with Crippen LogP contribution >= 0.6 is 0 Å². The van der Waals surface area contributed by atoms with E-state index in [-0.39, 0.29) is 35.3 Å². The average molecular weight is 700 g/mol. The van der Waals surface area contributed by atoms with Crippen molar-refractivity contribution < 1.29 is 28.2 Å². The van der Waals surface area contributed by atoms with Crippen molar-refractivity contribution in [3.63, 3.8) is 0 Å². The van der Waals surface area contributed by atoms with E-state index in [1.54, 1.807) is 49.2 Å². The predicted octanol–water partition coefficient (Wildman–Crippen LogP) is 6.30. The zero-order valence-electron chi connectivity index (χ0n) is 29.0. The highest BCUT2D eigenvalue weighted by Gasteiger charge is 2.36. The maximum absolute atomic E-state index is 14.6. The number of fused-ring (bicyclic) bond motifs is 2. The van der Waals surface area contributed by atoms with Crippen molar-refractivity contribution >= 4 is 29.1 Å². The summed E-state index contributed by atoms with van der Waals surface area (Å²) >= 11 is 0. The van der Waals surface area contributed by atoms with E-state index < -0.39 is 12.4 Å². The van der Waals surface area contributed by atoms with Crippen LogP contribution in [-0.4, -0.2) is 79.8 Å². The highest BCUT2D eigenvalue weighted by atomic mass is 19.3. The molecule has 3 aliphatic heterocycles. The zero-order chi connectivity index (χ0) is 35.4. The Hall–Kier alpha value is -4.78. The van der Waals surface area contributed by atoms with Gasteiger partial charge < -0.3 is 24.5 Å². The molecule has 0 radical (unpaired) electrons. The fraction of sp³-hybridized carbons (Fsp3) is 0.474. The molecule has 2 aromatic carbocycles. The molecule has 2 fully saturated rings. The van der Waals surface area contributed by atoms with Crippen LogP contribution in [0.25, 0.3) is 11.1 Å². The second-order valence-corrected chi connectivity index (χ2v) is 14.4. The molecule has 1 N–H and O–H groups in total. The van der Waals surface area contributed by atoms with E-state index in [2.05, 4.69) is 19.6 Å². The number of carboxylic acid groups (broad SMARTS) is 1. The lowest BCUT2D eigenvalue weighted by Gasteiger charge is -2.43. The molecule has 51 heavy (non-hydrogen) atoms. The van der Waals surface area contributed by atoms with Crippen LogP contribution in [0.15, 0.2) is 48.8 Å². The van der Waals surface area contributed by atoms with Crippen molar-refractivity contribution in [1.82, 2.24) is 24.5 Å². The van der Waals surface area contributed by atoms with Crippen LogP contribution in [0.1, 0.15) is 84.2 Å². The molecule has 11 nitrogen and oxygen atoms in total. The van der Waals surface area contributed by atoms with Crippen LogP contribution in [0, 0.1) is 0 Å². The number of aromatic nitrogens is 4. The highest BCUT2D eigenvalue weighted by molar-refractivity contribution is 5.88. The molecular weight excluding hydrogens is 656 g/mol. The molecule has 0 bridgehead atoms. The number of carbonyl (C=O) groups is 2. The van der Waals surface area contributed by atoms with Crippen molar-refractivity contribution in [2.45, 2.75) is 83.1 Å². The standard InChI is InChI=1S/C38H43F2N7O4/c1-23(48)44-15-13-34-33(22-44)37(46-14-3-4-25-16-31(26-18-41-43(2)19-26)32(36(39)40)17-35(25)46)42-47(34)28-9-11-29(12-10-28)51-30-20-45(21-30)27-7-5-24(6-8-27)38(49)50/h5-8,16-19,28-30,36H,3-4,9-15,20-22H2,1-2H3,(H,49,50). The van der Waals surface area contributed by atoms with Crippen molar-refractivity contribution in [3.05, 3.63) is 76.7 Å². The minimum Gasteiger partial charge on any atom is -0.478 e. The average Bonchev–Trinajstić information content (AvgIpc) is 3.72. The Balaban J connectivity index is 1.01. The van der Waals surface area contributed by atoms with E-state index in [1.165, 1.54) is 0 Å². The summed E-state index contributed by atoms with van der Waals surface area (Å²) in [6.45, 7) is 4.90. The van der Waals surface area contributed by atoms with Crippen molar-refractivity contribution in [1.29, 1.82) is 0 Å². The molecule has 0 atom stereocenters. The first kappa shape index (κ1) is 33.4. The topological polar surface area (TPSA) is 109 Å². The van der Waals surface area contributed by atoms with Crippen LogP contribution in [0.3, 0.4) is 0 Å². The number of halogens is 2. The van der Waals surface area contributed by atoms with E-state index in [0.717, 1.165) is 85.6 Å². The first-order valence-electron chi connectivity index (χ1n) is 17.9. The Morgan fingerprint density at radius 3 is 2.43 bits per heavy atom. The van der Waals surface area contributed by atoms with Crippen LogP contribution in [0.2, 0.25) is 0 Å². The number of hydrogen-bond donors (Lipinski definition) is 1. The number of rotatable bonds is 8. The summed E-state index contributed by atoms with van der Waals surface area (Å²) in [5, 5.41) is 18.7. The highest BCUT2D eigenvalue weighted by Crippen LogP contribution is 2.44. The summed E-state index contributed by atoms with van der Waals surface area (Å²) in [6.07, 6.45) is 7.07. The Morgan fingerprint density at radius 1 is 1.00 bits per heavy atom. The first-order chi connectivity index (χ1) is 24.6. The lowest BCUT2D eigenvalue weighted by Crippen LogP contribution is -2.53. The van der Waals surface area contributed by atoms with E-state index in [0.29, 0.717) is 37.2 Å². The smallest absolute Gasteiger partial charge is 0.335 e. The van der Waals surface area contributed by atoms with Gasteiger partial charge in [0.05, 0.1) is 36.6 Å². The minimum absolute atomic E-state index is 0.0173. The molecule has 2 aromatic heterocycles. The predicted molar refractivity (Wildman–Crippen MR) is 188 cm³/mol. The molecule has 0 unspecified atom stereocenters. The molecule has 268 valence electrons. The molecule has 5 heterocycles. The Morgan fingerprint density at radius 2 is 1.76 bits per heavy atom. The number of benzene rings is 2. The van der Waals surface area contributed by atoms with Gasteiger partial charge in [0, 0.05) is 86.5 Å². The fourth-order valence-corrected chi connectivity index (χ4v) is 8.32. The van der Waals surface area contributed by atoms with Gasteiger partial charge in [-0.05, 0) is 86.1 Å². The largest absolute Gasteiger partial charge is 0.478 e. The Kier molecular flexibility index (Phi) is 8.77. The quantitative estimate of drug-likeness (QED) is 0.229. The number of carbonyl (C=O) groups excluding carboxylic acids is 1. The third-order valence-electron chi connectivity index (χ3n) is 11.1. The number of aromatic carboxylic acids is 1. The number of aryl methyl sites for hydroxylation is 2. The Bertz CT molecular complexity index is 1940. The molecule has 1 saturated carbocycles. The van der Waals surface area contributed by atoms with Crippen LogP contribution in [0.5, 0.6) is 0 Å². The normalized spacial score (nSPS) is 20.7. The van der Waals surface area contributed by atoms with E-state index in [4.69, 9.17) is 9.84 Å². The summed E-state index contributed by atoms with van der Waals surface area (Å²) in [4.78, 5) is 29.9. The number of alkyl halides is 2. The number of nitrogens with zero attached hydrogens (tertiary/aromatic N) is 7. The maximum Gasteiger partial charge on any atom is 0.335 e. The van der Waals surface area contributed by atoms with E-state index in [1.807, 2.05) is 23.1 Å². The summed E-state index contributed by atoms with van der Waals surface area (Å²) in [6, 6.07) is 10.7. The number of anilines is 3. The Labute approximate surface area is 295 Å². The van der Waals surface area contributed by atoms with E-state index in [9.17, 15) is 23.5 Å². The summed E-state index contributed by atoms with van der Waals surface area (Å²) in [7, 11) is 1.78. The van der Waals surface area contributed by atoms with Crippen LogP contribution < -0.4 is 9.80 Å². The van der Waals surface area contributed by atoms with Crippen LogP contribution in [0.4, 0.5) is 26.0 Å². The fourth-order valence-electron chi connectivity index (χ4n) is 8.32. The number of carboxylic acids is 1. The summed E-state index contributed by atoms with van der Waals surface area (Å²) in [5.41, 5.74) is 6.38. The zero-order valence-corrected chi connectivity index (χ0v) is 29.0. The van der Waals surface area contributed by atoms with Gasteiger partial charge in [-0.15, -0.1) is 0 Å². The molecule has 8 rings (SSSR count). The van der Waals surface area contributed by atoms with Crippen LogP contribution in [-0.2, 0) is 36.0 Å². The van der Waals surface area contributed by atoms with Gasteiger partial charge in [-0.2, -0.15) is 10.2 Å². The molecule has 13 heteroatoms. The molecule has 0 spiro atoms. The molecule has 4 aromatic rings. The summed E-state index contributed by atoms with van der Waals surface area (Å²) < 4.78 is 39.5. The van der Waals surface area contributed by atoms with Gasteiger partial charge in [0.1, 0.15) is 0 Å². The molecule has 1 saturated heterocycles. The maximum atomic E-state index is 14.6. The van der Waals surface area contributed by atoms with Gasteiger partial charge in [-0.25, -0.2) is 13.6 Å². The van der Waals surface area contributed by atoms with Crippen molar-refractivity contribution in [2.24, 2.45) is 7.05 Å². The van der Waals surface area contributed by atoms with Crippen molar-refractivity contribution in [3.8, 4) is 11.1 Å². The first-order valence-corrected chi connectivity index (χ1v) is 17.9. The molecule has 1 amide bonds. The minimum atomic E-state index is -2.65. The monoisotopic (exact) mass is 699 g/mol. The lowest BCUT2D eigenvalue weighted by atomic mass is 9.92. The SMILES string of the molecule is CC(=O)N1CCc2c(c(N3CCCc4cc(-c5cnn(C)c5)c(C(F)F)cc43)nn2C2CCC(OC3CN(c4ccc(C(=O)O)cc4)C3)CC2)C1. The third kappa shape index (κ3) is 6.36. The second kappa shape index (κ2) is 13.4. The number of hydrogen-bond acceptors (Lipinski definition) is 7. The van der Waals surface area contributed by atoms with Gasteiger partial charge >= 0.3 is 5.97 Å². The van der Waals surface area contributed by atoms with Gasteiger partial charge in [0.2, 0.25) is 5.91 Å². The van der Waals surface area contributed by atoms with E-state index >= 15 is 0 Å². The number of ether oxygens (including phenoxy) is 1. The molecular formula is C38H43F2N7O4. The van der Waals surface area contributed by atoms with Gasteiger partial charge in [-0.3, -0.25) is 14.2 Å². The molecule has 4 aliphatic rings. The third-order valence-corrected chi connectivity index (χ3v) is 11.1. The van der Waals surface area contributed by atoms with Gasteiger partial charge in [-0.1, -0.05) is 0 Å². The van der Waals surface area contributed by atoms with Gasteiger partial charge in [0.25, 0.3) is 6.43 Å². The van der Waals surface area contributed by atoms with Crippen molar-refractivity contribution in [2.75, 3.05) is 36.0 Å². The number of amides is 1. The molecule has 1 aliphatic carbocycles. The second-order valence-electron chi connectivity index (χ2n) is 14.4. The summed E-state index contributed by atoms with van der Waals surface area (Å²) in [5.74, 6) is -0.137. The van der Waals surface area contributed by atoms with Gasteiger partial charge in [0.15, 0.2) is 5.82 Å². The lowest BCUT2D eigenvalue weighted by molar-refractivity contribution is -0.129.